The minimum atomic E-state index is -0.171. The first kappa shape index (κ1) is 17.4. The lowest BCUT2D eigenvalue weighted by Crippen LogP contribution is -2.13. The lowest BCUT2D eigenvalue weighted by atomic mass is 10.2. The molecule has 0 unspecified atom stereocenters. The van der Waals surface area contributed by atoms with Gasteiger partial charge < -0.3 is 14.5 Å². The smallest absolute Gasteiger partial charge is 0.277 e. The van der Waals surface area contributed by atoms with Crippen molar-refractivity contribution in [2.24, 2.45) is 0 Å². The minimum absolute atomic E-state index is 0.166. The van der Waals surface area contributed by atoms with Crippen LogP contribution in [0.3, 0.4) is 0 Å². The van der Waals surface area contributed by atoms with E-state index in [1.807, 2.05) is 43.5 Å². The van der Waals surface area contributed by atoms with Crippen LogP contribution in [0.15, 0.2) is 39.3 Å². The molecular formula is C16H16N4O3S2. The van der Waals surface area contributed by atoms with Crippen LogP contribution in [0.25, 0.3) is 0 Å². The van der Waals surface area contributed by atoms with Gasteiger partial charge in [0.05, 0.1) is 11.4 Å². The van der Waals surface area contributed by atoms with Gasteiger partial charge in [-0.2, -0.15) is 0 Å². The number of thioether (sulfide) groups is 1. The number of hydrogen-bond acceptors (Lipinski definition) is 8. The molecule has 25 heavy (non-hydrogen) atoms. The molecule has 9 heteroatoms. The summed E-state index contributed by atoms with van der Waals surface area (Å²) in [5.74, 6) is 1.10. The Labute approximate surface area is 152 Å². The number of thiazole rings is 1. The predicted molar refractivity (Wildman–Crippen MR) is 96.0 cm³/mol. The van der Waals surface area contributed by atoms with Gasteiger partial charge in [0.1, 0.15) is 5.75 Å². The molecule has 0 fully saturated rings. The standard InChI is InChI=1S/C16H16N4O3S2/c1-10-4-3-5-12(6-10)22-7-14-19-20-16(23-14)25-9-13(21)18-15-17-11(2)8-24-15/h3-6,8H,7,9H2,1-2H3,(H,17,18,21). The van der Waals surface area contributed by atoms with Gasteiger partial charge in [-0.1, -0.05) is 23.9 Å². The third-order valence-electron chi connectivity index (χ3n) is 2.99. The highest BCUT2D eigenvalue weighted by molar-refractivity contribution is 7.99. The van der Waals surface area contributed by atoms with Crippen molar-refractivity contribution in [2.75, 3.05) is 11.1 Å². The summed E-state index contributed by atoms with van der Waals surface area (Å²) in [6.45, 7) is 4.05. The van der Waals surface area contributed by atoms with Crippen molar-refractivity contribution >= 4 is 34.1 Å². The van der Waals surface area contributed by atoms with Crippen molar-refractivity contribution in [2.45, 2.75) is 25.7 Å². The second-order valence-electron chi connectivity index (χ2n) is 5.20. The topological polar surface area (TPSA) is 90.1 Å². The van der Waals surface area contributed by atoms with Crippen molar-refractivity contribution < 1.29 is 13.9 Å². The molecular weight excluding hydrogens is 360 g/mol. The number of carbonyl (C=O) groups is 1. The highest BCUT2D eigenvalue weighted by Gasteiger charge is 2.11. The van der Waals surface area contributed by atoms with E-state index in [9.17, 15) is 4.79 Å². The summed E-state index contributed by atoms with van der Waals surface area (Å²) < 4.78 is 11.1. The summed E-state index contributed by atoms with van der Waals surface area (Å²) in [5, 5.41) is 13.3. The first-order valence-electron chi connectivity index (χ1n) is 7.45. The van der Waals surface area contributed by atoms with E-state index < -0.39 is 0 Å². The van der Waals surface area contributed by atoms with Crippen LogP contribution < -0.4 is 10.1 Å². The molecule has 0 bridgehead atoms. The van der Waals surface area contributed by atoms with Crippen LogP contribution in [-0.4, -0.2) is 26.8 Å². The van der Waals surface area contributed by atoms with Crippen LogP contribution >= 0.6 is 23.1 Å². The molecule has 1 aromatic carbocycles. The van der Waals surface area contributed by atoms with E-state index in [4.69, 9.17) is 9.15 Å². The molecule has 0 radical (unpaired) electrons. The maximum absolute atomic E-state index is 11.9. The van der Waals surface area contributed by atoms with Crippen LogP contribution in [0.1, 0.15) is 17.1 Å². The van der Waals surface area contributed by atoms with Crippen LogP contribution in [-0.2, 0) is 11.4 Å². The molecule has 0 aliphatic heterocycles. The summed E-state index contributed by atoms with van der Waals surface area (Å²) in [6, 6.07) is 7.70. The van der Waals surface area contributed by atoms with E-state index in [0.717, 1.165) is 17.0 Å². The maximum atomic E-state index is 11.9. The molecule has 0 saturated heterocycles. The van der Waals surface area contributed by atoms with Gasteiger partial charge in [0.2, 0.25) is 5.91 Å². The zero-order valence-electron chi connectivity index (χ0n) is 13.7. The molecule has 0 aliphatic carbocycles. The number of hydrogen-bond donors (Lipinski definition) is 1. The van der Waals surface area contributed by atoms with E-state index in [-0.39, 0.29) is 18.3 Å². The van der Waals surface area contributed by atoms with E-state index in [2.05, 4.69) is 20.5 Å². The van der Waals surface area contributed by atoms with Crippen molar-refractivity contribution in [3.8, 4) is 5.75 Å². The Bertz CT molecular complexity index is 862. The molecule has 0 saturated carbocycles. The highest BCUT2D eigenvalue weighted by Crippen LogP contribution is 2.19. The van der Waals surface area contributed by atoms with Gasteiger partial charge in [-0.3, -0.25) is 4.79 Å². The molecule has 2 heterocycles. The SMILES string of the molecule is Cc1cccc(OCc2nnc(SCC(=O)Nc3nc(C)cs3)o2)c1. The second-order valence-corrected chi connectivity index (χ2v) is 6.98. The van der Waals surface area contributed by atoms with Crippen molar-refractivity contribution in [3.05, 3.63) is 46.8 Å². The third kappa shape index (κ3) is 5.30. The number of ether oxygens (including phenoxy) is 1. The normalized spacial score (nSPS) is 10.6. The lowest BCUT2D eigenvalue weighted by molar-refractivity contribution is -0.113. The van der Waals surface area contributed by atoms with Gasteiger partial charge in [-0.05, 0) is 31.5 Å². The fourth-order valence-corrected chi connectivity index (χ4v) is 3.18. The van der Waals surface area contributed by atoms with Gasteiger partial charge in [-0.25, -0.2) is 4.98 Å². The number of nitrogens with one attached hydrogen (secondary N) is 1. The molecule has 130 valence electrons. The first-order valence-corrected chi connectivity index (χ1v) is 9.31. The van der Waals surface area contributed by atoms with E-state index in [0.29, 0.717) is 16.2 Å². The summed E-state index contributed by atoms with van der Waals surface area (Å²) in [6.07, 6.45) is 0. The maximum Gasteiger partial charge on any atom is 0.277 e. The Morgan fingerprint density at radius 3 is 3.00 bits per heavy atom. The van der Waals surface area contributed by atoms with E-state index >= 15 is 0 Å². The number of aromatic nitrogens is 3. The Morgan fingerprint density at radius 1 is 1.36 bits per heavy atom. The molecule has 0 aliphatic rings. The predicted octanol–water partition coefficient (Wildman–Crippen LogP) is 3.45. The molecule has 7 nitrogen and oxygen atoms in total. The Morgan fingerprint density at radius 2 is 2.24 bits per heavy atom. The van der Waals surface area contributed by atoms with Gasteiger partial charge in [0.15, 0.2) is 11.7 Å². The number of amides is 1. The molecule has 1 N–H and O–H groups in total. The quantitative estimate of drug-likeness (QED) is 0.632. The number of benzene rings is 1. The summed E-state index contributed by atoms with van der Waals surface area (Å²) in [7, 11) is 0. The number of rotatable bonds is 7. The average molecular weight is 376 g/mol. The Hall–Kier alpha value is -2.39. The van der Waals surface area contributed by atoms with Gasteiger partial charge in [-0.15, -0.1) is 21.5 Å². The van der Waals surface area contributed by atoms with Crippen molar-refractivity contribution in [3.63, 3.8) is 0 Å². The van der Waals surface area contributed by atoms with E-state index in [1.54, 1.807) is 0 Å². The zero-order chi connectivity index (χ0) is 17.6. The number of anilines is 1. The Balaban J connectivity index is 1.45. The van der Waals surface area contributed by atoms with Gasteiger partial charge >= 0.3 is 0 Å². The molecule has 1 amide bonds. The number of carbonyl (C=O) groups excluding carboxylic acids is 1. The van der Waals surface area contributed by atoms with Crippen molar-refractivity contribution in [1.29, 1.82) is 0 Å². The van der Waals surface area contributed by atoms with Crippen LogP contribution in [0.4, 0.5) is 5.13 Å². The first-order chi connectivity index (χ1) is 12.1. The average Bonchev–Trinajstić information content (AvgIpc) is 3.20. The van der Waals surface area contributed by atoms with Crippen LogP contribution in [0.5, 0.6) is 5.75 Å². The minimum Gasteiger partial charge on any atom is -0.484 e. The lowest BCUT2D eigenvalue weighted by Gasteiger charge is -2.03. The summed E-state index contributed by atoms with van der Waals surface area (Å²) in [4.78, 5) is 16.0. The molecule has 2 aromatic heterocycles. The van der Waals surface area contributed by atoms with Crippen LogP contribution in [0.2, 0.25) is 0 Å². The summed E-state index contributed by atoms with van der Waals surface area (Å²) >= 11 is 2.56. The number of aryl methyl sites for hydroxylation is 2. The molecule has 0 atom stereocenters. The largest absolute Gasteiger partial charge is 0.484 e. The highest BCUT2D eigenvalue weighted by atomic mass is 32.2. The van der Waals surface area contributed by atoms with Crippen molar-refractivity contribution in [1.82, 2.24) is 15.2 Å². The number of nitrogens with zero attached hydrogens (tertiary/aromatic N) is 3. The second kappa shape index (κ2) is 8.13. The van der Waals surface area contributed by atoms with Crippen LogP contribution in [0, 0.1) is 13.8 Å². The molecule has 0 spiro atoms. The fraction of sp³-hybridized carbons (Fsp3) is 0.250. The fourth-order valence-electron chi connectivity index (χ4n) is 1.90. The molecule has 3 rings (SSSR count). The summed E-state index contributed by atoms with van der Waals surface area (Å²) in [5.41, 5.74) is 1.99. The monoisotopic (exact) mass is 376 g/mol. The van der Waals surface area contributed by atoms with Gasteiger partial charge in [0.25, 0.3) is 11.1 Å². The molecule has 3 aromatic rings. The van der Waals surface area contributed by atoms with Gasteiger partial charge in [0, 0.05) is 5.38 Å². The third-order valence-corrected chi connectivity index (χ3v) is 4.69. The van der Waals surface area contributed by atoms with E-state index in [1.165, 1.54) is 23.1 Å². The zero-order valence-corrected chi connectivity index (χ0v) is 15.3. The Kier molecular flexibility index (Phi) is 5.67.